The molecule has 0 aromatic heterocycles. The van der Waals surface area contributed by atoms with Gasteiger partial charge in [-0.15, -0.1) is 0 Å². The summed E-state index contributed by atoms with van der Waals surface area (Å²) in [7, 11) is 2.06. The van der Waals surface area contributed by atoms with Crippen molar-refractivity contribution in [1.29, 1.82) is 0 Å². The summed E-state index contributed by atoms with van der Waals surface area (Å²) in [6.07, 6.45) is 1.72. The zero-order valence-electron chi connectivity index (χ0n) is 11.4. The molecule has 1 aliphatic heterocycles. The summed E-state index contributed by atoms with van der Waals surface area (Å²) in [5.74, 6) is 0.483. The molecule has 0 amide bonds. The zero-order valence-corrected chi connectivity index (χ0v) is 11.4. The lowest BCUT2D eigenvalue weighted by molar-refractivity contribution is -0.106. The van der Waals surface area contributed by atoms with Gasteiger partial charge in [0.1, 0.15) is 12.0 Å². The van der Waals surface area contributed by atoms with Gasteiger partial charge < -0.3 is 14.8 Å². The van der Waals surface area contributed by atoms with Gasteiger partial charge in [-0.05, 0) is 31.9 Å². The molecular weight excluding hydrogens is 214 g/mol. The highest BCUT2D eigenvalue weighted by atomic mass is 16.3. The number of phenols is 1. The highest BCUT2D eigenvalue weighted by Crippen LogP contribution is 2.35. The highest BCUT2D eigenvalue weighted by molar-refractivity contribution is 5.64. The third kappa shape index (κ3) is 3.77. The topological polar surface area (TPSA) is 40.5 Å². The Morgan fingerprint density at radius 2 is 1.88 bits per heavy atom. The summed E-state index contributed by atoms with van der Waals surface area (Å²) < 4.78 is 0. The van der Waals surface area contributed by atoms with Crippen molar-refractivity contribution < 1.29 is 9.90 Å². The Bertz CT molecular complexity index is 361. The van der Waals surface area contributed by atoms with Crippen LogP contribution >= 0.6 is 0 Å². The number of carbonyl (C=O) groups excluding carboxylic acids is 1. The van der Waals surface area contributed by atoms with E-state index in [0.717, 1.165) is 30.4 Å². The molecule has 0 fully saturated rings. The molecule has 96 valence electrons. The summed E-state index contributed by atoms with van der Waals surface area (Å²) in [6.45, 7) is 8.40. The van der Waals surface area contributed by atoms with Crippen molar-refractivity contribution in [3.8, 4) is 5.75 Å². The van der Waals surface area contributed by atoms with Crippen molar-refractivity contribution in [2.24, 2.45) is 0 Å². The van der Waals surface area contributed by atoms with E-state index in [9.17, 15) is 5.11 Å². The van der Waals surface area contributed by atoms with Crippen LogP contribution in [0.4, 0.5) is 5.69 Å². The Morgan fingerprint density at radius 1 is 1.35 bits per heavy atom. The van der Waals surface area contributed by atoms with Gasteiger partial charge in [0.15, 0.2) is 0 Å². The van der Waals surface area contributed by atoms with Crippen LogP contribution in [0.5, 0.6) is 5.75 Å². The Morgan fingerprint density at radius 3 is 2.41 bits per heavy atom. The van der Waals surface area contributed by atoms with Crippen LogP contribution < -0.4 is 4.90 Å². The van der Waals surface area contributed by atoms with Crippen molar-refractivity contribution >= 4 is 12.0 Å². The molecule has 3 nitrogen and oxygen atoms in total. The Labute approximate surface area is 104 Å². The molecule has 0 atom stereocenters. The lowest BCUT2D eigenvalue weighted by Crippen LogP contribution is -2.12. The Hall–Kier alpha value is -1.51. The smallest absolute Gasteiger partial charge is 0.123 e. The first-order valence-corrected chi connectivity index (χ1v) is 6.04. The number of fused-ring (bicyclic) bond motifs is 1. The molecule has 0 radical (unpaired) electrons. The fourth-order valence-electron chi connectivity index (χ4n) is 1.75. The number of rotatable bonds is 0. The number of benzene rings is 1. The molecule has 1 aromatic carbocycles. The second-order valence-corrected chi connectivity index (χ2v) is 3.64. The number of aromatic hydroxyl groups is 1. The Kier molecular flexibility index (Phi) is 7.03. The summed E-state index contributed by atoms with van der Waals surface area (Å²) in [4.78, 5) is 11.0. The fourth-order valence-corrected chi connectivity index (χ4v) is 1.75. The van der Waals surface area contributed by atoms with Gasteiger partial charge >= 0.3 is 0 Å². The maximum absolute atomic E-state index is 9.71. The summed E-state index contributed by atoms with van der Waals surface area (Å²) in [5.41, 5.74) is 3.26. The molecule has 0 bridgehead atoms. The molecule has 0 spiro atoms. The monoisotopic (exact) mass is 237 g/mol. The molecule has 0 saturated heterocycles. The van der Waals surface area contributed by atoms with E-state index in [1.165, 1.54) is 12.6 Å². The minimum atomic E-state index is 0.483. The van der Waals surface area contributed by atoms with Gasteiger partial charge in [-0.1, -0.05) is 19.9 Å². The van der Waals surface area contributed by atoms with Crippen molar-refractivity contribution in [3.05, 3.63) is 23.3 Å². The third-order valence-corrected chi connectivity index (χ3v) is 2.57. The lowest BCUT2D eigenvalue weighted by Gasteiger charge is -2.12. The first-order valence-electron chi connectivity index (χ1n) is 6.04. The number of nitrogens with zero attached hydrogens (tertiary/aromatic N) is 1. The molecule has 1 aromatic rings. The number of anilines is 1. The molecule has 0 unspecified atom stereocenters. The lowest BCUT2D eigenvalue weighted by atomic mass is 10.1. The largest absolute Gasteiger partial charge is 0.507 e. The predicted molar refractivity (Wildman–Crippen MR) is 72.9 cm³/mol. The van der Waals surface area contributed by atoms with E-state index in [1.807, 2.05) is 26.8 Å². The second kappa shape index (κ2) is 7.71. The van der Waals surface area contributed by atoms with Gasteiger partial charge in [0.05, 0.1) is 0 Å². The van der Waals surface area contributed by atoms with Crippen molar-refractivity contribution in [1.82, 2.24) is 0 Å². The molecule has 1 aliphatic rings. The first-order chi connectivity index (χ1) is 8.11. The van der Waals surface area contributed by atoms with Crippen LogP contribution in [-0.4, -0.2) is 25.0 Å². The van der Waals surface area contributed by atoms with Gasteiger partial charge in [-0.3, -0.25) is 0 Å². The average molecular weight is 237 g/mol. The van der Waals surface area contributed by atoms with E-state index in [0.29, 0.717) is 5.75 Å². The summed E-state index contributed by atoms with van der Waals surface area (Å²) >= 11 is 0. The van der Waals surface area contributed by atoms with Gasteiger partial charge in [0.25, 0.3) is 0 Å². The van der Waals surface area contributed by atoms with Crippen LogP contribution in [0, 0.1) is 6.92 Å². The molecule has 1 N–H and O–H groups in total. The quantitative estimate of drug-likeness (QED) is 0.705. The van der Waals surface area contributed by atoms with Crippen molar-refractivity contribution in [2.45, 2.75) is 34.1 Å². The average Bonchev–Trinajstić information content (AvgIpc) is 2.70. The van der Waals surface area contributed by atoms with E-state index in [1.54, 1.807) is 0 Å². The number of aldehydes is 1. The molecule has 1 heterocycles. The number of hydrogen-bond donors (Lipinski definition) is 1. The normalized spacial score (nSPS) is 11.7. The van der Waals surface area contributed by atoms with Gasteiger partial charge in [0, 0.05) is 24.8 Å². The van der Waals surface area contributed by atoms with Gasteiger partial charge in [-0.25, -0.2) is 0 Å². The molecule has 0 saturated carbocycles. The molecule has 0 aliphatic carbocycles. The van der Waals surface area contributed by atoms with Crippen LogP contribution in [0.3, 0.4) is 0 Å². The van der Waals surface area contributed by atoms with Crippen molar-refractivity contribution in [3.63, 3.8) is 0 Å². The summed E-state index contributed by atoms with van der Waals surface area (Å²) in [5, 5.41) is 9.71. The number of hydrogen-bond acceptors (Lipinski definition) is 3. The zero-order chi connectivity index (χ0) is 13.4. The van der Waals surface area contributed by atoms with Crippen LogP contribution in [0.15, 0.2) is 12.1 Å². The van der Waals surface area contributed by atoms with E-state index < -0.39 is 0 Å². The van der Waals surface area contributed by atoms with Gasteiger partial charge in [-0.2, -0.15) is 0 Å². The number of carbonyl (C=O) groups is 1. The van der Waals surface area contributed by atoms with Crippen LogP contribution in [0.25, 0.3) is 0 Å². The van der Waals surface area contributed by atoms with Crippen LogP contribution in [-0.2, 0) is 11.2 Å². The number of phenolic OH excluding ortho intramolecular Hbond substituents is 1. The highest BCUT2D eigenvalue weighted by Gasteiger charge is 2.19. The molecule has 3 heteroatoms. The standard InChI is InChI=1S/C10H13NO.C2H4O.C2H6/c1-7-3-4-9-8(10(7)12)5-6-11(9)2;1-2-3;1-2/h3-4,12H,5-6H2,1-2H3;2H,1H3;1-2H3. The van der Waals surface area contributed by atoms with E-state index >= 15 is 0 Å². The molecular formula is C14H23NO2. The SMILES string of the molecule is CC.CC=O.Cc1ccc2c(c1O)CCN2C. The number of aryl methyl sites for hydroxylation is 1. The Balaban J connectivity index is 0.000000450. The molecule has 2 rings (SSSR count). The van der Waals surface area contributed by atoms with E-state index in [4.69, 9.17) is 4.79 Å². The van der Waals surface area contributed by atoms with Crippen LogP contribution in [0.2, 0.25) is 0 Å². The fraction of sp³-hybridized carbons (Fsp3) is 0.500. The predicted octanol–water partition coefficient (Wildman–Crippen LogP) is 2.92. The van der Waals surface area contributed by atoms with E-state index in [2.05, 4.69) is 18.0 Å². The molecule has 17 heavy (non-hydrogen) atoms. The second-order valence-electron chi connectivity index (χ2n) is 3.64. The summed E-state index contributed by atoms with van der Waals surface area (Å²) in [6, 6.07) is 4.05. The first kappa shape index (κ1) is 15.5. The van der Waals surface area contributed by atoms with Crippen LogP contribution in [0.1, 0.15) is 31.9 Å². The number of likely N-dealkylation sites (N-methyl/N-ethyl adjacent to an activating group) is 1. The maximum atomic E-state index is 9.71. The third-order valence-electron chi connectivity index (χ3n) is 2.57. The van der Waals surface area contributed by atoms with E-state index in [-0.39, 0.29) is 0 Å². The minimum Gasteiger partial charge on any atom is -0.507 e. The minimum absolute atomic E-state index is 0.483. The van der Waals surface area contributed by atoms with Gasteiger partial charge in [0.2, 0.25) is 0 Å². The maximum Gasteiger partial charge on any atom is 0.123 e. The van der Waals surface area contributed by atoms with Crippen molar-refractivity contribution in [2.75, 3.05) is 18.5 Å².